The molecule has 8 nitrogen and oxygen atoms in total. The van der Waals surface area contributed by atoms with Crippen molar-refractivity contribution in [1.82, 2.24) is 24.2 Å². The van der Waals surface area contributed by atoms with Gasteiger partial charge in [-0.05, 0) is 55.8 Å². The summed E-state index contributed by atoms with van der Waals surface area (Å²) in [5.41, 5.74) is 3.88. The van der Waals surface area contributed by atoms with E-state index in [9.17, 15) is 9.59 Å². The lowest BCUT2D eigenvalue weighted by molar-refractivity contribution is 0.0950. The number of fused-ring (bicyclic) bond motifs is 5. The van der Waals surface area contributed by atoms with E-state index in [2.05, 4.69) is 27.7 Å². The SMILES string of the molecule is Cn1c2ccccc2n2c3nc(NCc4ccccc4)ccc3c(=O)c(C(=O)NCCN3CCCC3)c12. The highest BCUT2D eigenvalue weighted by Gasteiger charge is 2.24. The minimum Gasteiger partial charge on any atom is -0.366 e. The number of carbonyl (C=O) groups is 1. The molecule has 0 unspecified atom stereocenters. The molecule has 8 heteroatoms. The summed E-state index contributed by atoms with van der Waals surface area (Å²) >= 11 is 0. The molecule has 6 rings (SSSR count). The van der Waals surface area contributed by atoms with E-state index in [0.717, 1.165) is 36.2 Å². The molecule has 0 bridgehead atoms. The number of nitrogens with one attached hydrogen (secondary N) is 2. The topological polar surface area (TPSA) is 83.7 Å². The predicted octanol–water partition coefficient (Wildman–Crippen LogP) is 3.78. The highest BCUT2D eigenvalue weighted by molar-refractivity contribution is 6.05. The minimum absolute atomic E-state index is 0.152. The van der Waals surface area contributed by atoms with Gasteiger partial charge in [-0.25, -0.2) is 4.98 Å². The van der Waals surface area contributed by atoms with Crippen molar-refractivity contribution in [2.75, 3.05) is 31.5 Å². The van der Waals surface area contributed by atoms with Crippen molar-refractivity contribution in [3.05, 3.63) is 88.1 Å². The fourth-order valence-corrected chi connectivity index (χ4v) is 5.36. The Kier molecular flexibility index (Phi) is 6.10. The Labute approximate surface area is 214 Å². The van der Waals surface area contributed by atoms with E-state index in [4.69, 9.17) is 4.98 Å². The zero-order chi connectivity index (χ0) is 25.4. The van der Waals surface area contributed by atoms with Crippen LogP contribution in [0.1, 0.15) is 28.8 Å². The maximum Gasteiger partial charge on any atom is 0.259 e. The number of anilines is 1. The Morgan fingerprint density at radius 2 is 1.68 bits per heavy atom. The Morgan fingerprint density at radius 3 is 2.46 bits per heavy atom. The first-order chi connectivity index (χ1) is 18.1. The number of aromatic nitrogens is 3. The molecule has 3 aromatic heterocycles. The Hall–Kier alpha value is -4.17. The highest BCUT2D eigenvalue weighted by Crippen LogP contribution is 2.26. The second kappa shape index (κ2) is 9.71. The van der Waals surface area contributed by atoms with E-state index in [-0.39, 0.29) is 16.9 Å². The Balaban J connectivity index is 1.45. The number of benzene rings is 2. The van der Waals surface area contributed by atoms with Crippen LogP contribution in [-0.4, -0.2) is 50.9 Å². The molecular formula is C29H30N6O2. The molecule has 1 fully saturated rings. The van der Waals surface area contributed by atoms with E-state index in [1.807, 2.05) is 58.5 Å². The number of nitrogens with zero attached hydrogens (tertiary/aromatic N) is 4. The van der Waals surface area contributed by atoms with Crippen LogP contribution < -0.4 is 16.1 Å². The summed E-state index contributed by atoms with van der Waals surface area (Å²) in [4.78, 5) is 34.4. The molecule has 2 N–H and O–H groups in total. The largest absolute Gasteiger partial charge is 0.366 e. The first kappa shape index (κ1) is 23.2. The molecule has 0 aliphatic carbocycles. The number of para-hydroxylation sites is 2. The first-order valence-electron chi connectivity index (χ1n) is 12.8. The number of amides is 1. The number of likely N-dealkylation sites (tertiary alicyclic amines) is 1. The normalized spacial score (nSPS) is 14.1. The van der Waals surface area contributed by atoms with Crippen LogP contribution in [0.2, 0.25) is 0 Å². The van der Waals surface area contributed by atoms with E-state index in [1.54, 1.807) is 12.1 Å². The number of pyridine rings is 2. The third kappa shape index (κ3) is 4.23. The lowest BCUT2D eigenvalue weighted by Crippen LogP contribution is -2.36. The molecule has 4 heterocycles. The van der Waals surface area contributed by atoms with Crippen LogP contribution in [0.25, 0.3) is 27.7 Å². The number of hydrogen-bond acceptors (Lipinski definition) is 5. The summed E-state index contributed by atoms with van der Waals surface area (Å²) in [6.45, 7) is 4.04. The number of imidazole rings is 1. The van der Waals surface area contributed by atoms with Crippen LogP contribution in [0, 0.1) is 0 Å². The molecular weight excluding hydrogens is 464 g/mol. The van der Waals surface area contributed by atoms with Crippen LogP contribution in [0.15, 0.2) is 71.5 Å². The molecule has 0 radical (unpaired) electrons. The lowest BCUT2D eigenvalue weighted by Gasteiger charge is -2.15. The summed E-state index contributed by atoms with van der Waals surface area (Å²) < 4.78 is 3.85. The quantitative estimate of drug-likeness (QED) is 0.360. The van der Waals surface area contributed by atoms with Gasteiger partial charge >= 0.3 is 0 Å². The summed E-state index contributed by atoms with van der Waals surface area (Å²) in [7, 11) is 1.89. The standard InChI is InChI=1S/C29H30N6O2/c1-33-22-11-5-6-12-23(22)35-27-21(13-14-24(32-27)31-19-20-9-3-2-4-10-20)26(36)25(29(33)35)28(37)30-15-18-34-16-7-8-17-34/h2-6,9-14H,7-8,15-19H2,1H3,(H,30,37)(H,31,32). The molecule has 188 valence electrons. The summed E-state index contributed by atoms with van der Waals surface area (Å²) in [6, 6.07) is 21.6. The van der Waals surface area contributed by atoms with Crippen LogP contribution in [0.3, 0.4) is 0 Å². The van der Waals surface area contributed by atoms with Gasteiger partial charge in [0.2, 0.25) is 5.43 Å². The molecule has 0 spiro atoms. The van der Waals surface area contributed by atoms with Crippen molar-refractivity contribution >= 4 is 39.4 Å². The van der Waals surface area contributed by atoms with Crippen LogP contribution >= 0.6 is 0 Å². The van der Waals surface area contributed by atoms with E-state index >= 15 is 0 Å². The fourth-order valence-electron chi connectivity index (χ4n) is 5.36. The van der Waals surface area contributed by atoms with E-state index < -0.39 is 0 Å². The predicted molar refractivity (Wildman–Crippen MR) is 147 cm³/mol. The summed E-state index contributed by atoms with van der Waals surface area (Å²) in [6.07, 6.45) is 2.40. The van der Waals surface area contributed by atoms with Gasteiger partial charge in [-0.1, -0.05) is 42.5 Å². The Bertz CT molecular complexity index is 1670. The molecule has 1 aliphatic rings. The van der Waals surface area contributed by atoms with Crippen LogP contribution in [-0.2, 0) is 13.6 Å². The van der Waals surface area contributed by atoms with E-state index in [0.29, 0.717) is 35.6 Å². The molecule has 5 aromatic rings. The Morgan fingerprint density at radius 1 is 0.946 bits per heavy atom. The number of hydrogen-bond donors (Lipinski definition) is 2. The van der Waals surface area contributed by atoms with Crippen molar-refractivity contribution in [3.8, 4) is 0 Å². The summed E-state index contributed by atoms with van der Waals surface area (Å²) in [5.74, 6) is 0.320. The molecule has 0 saturated carbocycles. The third-order valence-electron chi connectivity index (χ3n) is 7.25. The average molecular weight is 495 g/mol. The maximum absolute atomic E-state index is 13.8. The third-order valence-corrected chi connectivity index (χ3v) is 7.25. The molecule has 1 amide bonds. The highest BCUT2D eigenvalue weighted by atomic mass is 16.2. The van der Waals surface area contributed by atoms with Gasteiger partial charge in [0.25, 0.3) is 5.91 Å². The monoisotopic (exact) mass is 494 g/mol. The smallest absolute Gasteiger partial charge is 0.259 e. The number of carbonyl (C=O) groups excluding carboxylic acids is 1. The van der Waals surface area contributed by atoms with Gasteiger partial charge in [0.05, 0.1) is 16.4 Å². The van der Waals surface area contributed by atoms with Gasteiger partial charge in [-0.3, -0.25) is 14.0 Å². The van der Waals surface area contributed by atoms with Crippen molar-refractivity contribution < 1.29 is 4.79 Å². The van der Waals surface area contributed by atoms with Gasteiger partial charge in [-0.2, -0.15) is 0 Å². The minimum atomic E-state index is -0.346. The van der Waals surface area contributed by atoms with Crippen LogP contribution in [0.4, 0.5) is 5.82 Å². The van der Waals surface area contributed by atoms with Gasteiger partial charge in [0, 0.05) is 26.7 Å². The van der Waals surface area contributed by atoms with Gasteiger partial charge in [0.1, 0.15) is 17.0 Å². The van der Waals surface area contributed by atoms with E-state index in [1.165, 1.54) is 12.8 Å². The van der Waals surface area contributed by atoms with Gasteiger partial charge in [-0.15, -0.1) is 0 Å². The molecule has 1 aliphatic heterocycles. The summed E-state index contributed by atoms with van der Waals surface area (Å²) in [5, 5.41) is 6.79. The van der Waals surface area contributed by atoms with Crippen LogP contribution in [0.5, 0.6) is 0 Å². The molecule has 0 atom stereocenters. The zero-order valence-corrected chi connectivity index (χ0v) is 20.9. The molecule has 37 heavy (non-hydrogen) atoms. The molecule has 1 saturated heterocycles. The second-order valence-corrected chi connectivity index (χ2v) is 9.62. The van der Waals surface area contributed by atoms with Crippen molar-refractivity contribution in [2.45, 2.75) is 19.4 Å². The van der Waals surface area contributed by atoms with Crippen molar-refractivity contribution in [1.29, 1.82) is 0 Å². The lowest BCUT2D eigenvalue weighted by atomic mass is 10.1. The second-order valence-electron chi connectivity index (χ2n) is 9.62. The maximum atomic E-state index is 13.8. The zero-order valence-electron chi connectivity index (χ0n) is 20.9. The number of aryl methyl sites for hydroxylation is 1. The van der Waals surface area contributed by atoms with Crippen molar-refractivity contribution in [2.24, 2.45) is 7.05 Å². The average Bonchev–Trinajstić information content (AvgIpc) is 3.55. The van der Waals surface area contributed by atoms with Gasteiger partial charge < -0.3 is 20.1 Å². The van der Waals surface area contributed by atoms with Crippen molar-refractivity contribution in [3.63, 3.8) is 0 Å². The number of rotatable bonds is 7. The first-order valence-corrected chi connectivity index (χ1v) is 12.8. The molecule has 2 aromatic carbocycles. The van der Waals surface area contributed by atoms with Gasteiger partial charge in [0.15, 0.2) is 5.65 Å². The fraction of sp³-hybridized carbons (Fsp3) is 0.276.